The summed E-state index contributed by atoms with van der Waals surface area (Å²) in [5.41, 5.74) is 5.62. The van der Waals surface area contributed by atoms with E-state index in [4.69, 9.17) is 22.4 Å². The second-order valence-electron chi connectivity index (χ2n) is 3.51. The lowest BCUT2D eigenvalue weighted by Crippen LogP contribution is -2.28. The number of nitrogens with two attached hydrogens (primary N) is 1. The lowest BCUT2D eigenvalue weighted by atomic mass is 9.95. The van der Waals surface area contributed by atoms with Crippen molar-refractivity contribution in [3.8, 4) is 5.75 Å². The third-order valence-corrected chi connectivity index (χ3v) is 2.05. The molecule has 2 nitrogen and oxygen atoms in total. The monoisotopic (exact) mass is 203 g/mol. The number of aromatic hydroxyl groups is 1. The van der Waals surface area contributed by atoms with Crippen molar-refractivity contribution in [3.63, 3.8) is 0 Å². The topological polar surface area (TPSA) is 46.2 Å². The molecule has 3 N–H and O–H groups in total. The molecule has 0 amide bonds. The zero-order valence-electron chi connectivity index (χ0n) is 7.44. The highest BCUT2D eigenvalue weighted by molar-refractivity contribution is 6.32. The van der Waals surface area contributed by atoms with E-state index in [0.717, 1.165) is 0 Å². The van der Waals surface area contributed by atoms with E-state index in [1.165, 1.54) is 12.1 Å². The fourth-order valence-corrected chi connectivity index (χ4v) is 1.15. The van der Waals surface area contributed by atoms with Crippen LogP contribution in [0.4, 0.5) is 4.39 Å². The van der Waals surface area contributed by atoms with Gasteiger partial charge in [0, 0.05) is 5.54 Å². The molecule has 0 unspecified atom stereocenters. The Labute approximate surface area is 81.1 Å². The number of rotatable bonds is 1. The minimum atomic E-state index is -0.749. The van der Waals surface area contributed by atoms with Gasteiger partial charge in [0.25, 0.3) is 0 Å². The minimum absolute atomic E-state index is 0.0199. The Balaban J connectivity index is 3.29. The summed E-state index contributed by atoms with van der Waals surface area (Å²) in [5, 5.41) is 9.03. The highest BCUT2D eigenvalue weighted by Gasteiger charge is 2.18. The molecule has 0 aliphatic rings. The van der Waals surface area contributed by atoms with Crippen LogP contribution < -0.4 is 5.73 Å². The Kier molecular flexibility index (Phi) is 2.50. The lowest BCUT2D eigenvalue weighted by molar-refractivity contribution is 0.429. The maximum atomic E-state index is 13.0. The van der Waals surface area contributed by atoms with E-state index in [-0.39, 0.29) is 5.02 Å². The van der Waals surface area contributed by atoms with Crippen LogP contribution in [0, 0.1) is 5.82 Å². The van der Waals surface area contributed by atoms with Gasteiger partial charge in [0.15, 0.2) is 11.6 Å². The number of phenolic OH excluding ortho intramolecular Hbond substituents is 1. The number of halogens is 2. The summed E-state index contributed by atoms with van der Waals surface area (Å²) in [4.78, 5) is 0. The van der Waals surface area contributed by atoms with E-state index >= 15 is 0 Å². The van der Waals surface area contributed by atoms with Crippen molar-refractivity contribution in [1.82, 2.24) is 0 Å². The Bertz CT molecular complexity index is 310. The Morgan fingerprint density at radius 3 is 2.38 bits per heavy atom. The first kappa shape index (κ1) is 10.3. The third kappa shape index (κ3) is 2.11. The Hall–Kier alpha value is -0.800. The molecule has 0 atom stereocenters. The largest absolute Gasteiger partial charge is 0.504 e. The molecule has 72 valence electrons. The molecule has 1 aromatic rings. The predicted octanol–water partition coefficient (Wildman–Crippen LogP) is 2.38. The van der Waals surface area contributed by atoms with Crippen molar-refractivity contribution in [3.05, 3.63) is 28.5 Å². The van der Waals surface area contributed by atoms with Crippen LogP contribution in [0.2, 0.25) is 5.02 Å². The molecule has 0 aliphatic heterocycles. The van der Waals surface area contributed by atoms with Gasteiger partial charge in [-0.15, -0.1) is 0 Å². The standard InChI is InChI=1S/C9H11ClFNO/c1-9(2,12)5-3-6(10)8(13)7(11)4-5/h3-4,13H,12H2,1-2H3. The van der Waals surface area contributed by atoms with E-state index in [0.29, 0.717) is 5.56 Å². The van der Waals surface area contributed by atoms with Gasteiger partial charge < -0.3 is 10.8 Å². The number of hydrogen-bond donors (Lipinski definition) is 2. The van der Waals surface area contributed by atoms with E-state index in [1.54, 1.807) is 13.8 Å². The summed E-state index contributed by atoms with van der Waals surface area (Å²) in [6, 6.07) is 2.64. The van der Waals surface area contributed by atoms with E-state index in [1.807, 2.05) is 0 Å². The number of benzene rings is 1. The van der Waals surface area contributed by atoms with Gasteiger partial charge in [-0.05, 0) is 31.5 Å². The van der Waals surface area contributed by atoms with Crippen LogP contribution in [0.5, 0.6) is 5.75 Å². The van der Waals surface area contributed by atoms with Crippen LogP contribution >= 0.6 is 11.6 Å². The average molecular weight is 204 g/mol. The quantitative estimate of drug-likeness (QED) is 0.736. The highest BCUT2D eigenvalue weighted by atomic mass is 35.5. The van der Waals surface area contributed by atoms with Crippen molar-refractivity contribution >= 4 is 11.6 Å². The first-order valence-corrected chi connectivity index (χ1v) is 4.17. The van der Waals surface area contributed by atoms with Crippen molar-refractivity contribution in [2.45, 2.75) is 19.4 Å². The van der Waals surface area contributed by atoms with Crippen LogP contribution in [0.25, 0.3) is 0 Å². The van der Waals surface area contributed by atoms with Gasteiger partial charge in [-0.1, -0.05) is 11.6 Å². The molecule has 0 fully saturated rings. The molecule has 0 heterocycles. The second-order valence-corrected chi connectivity index (χ2v) is 3.92. The average Bonchev–Trinajstić information content (AvgIpc) is 1.97. The zero-order chi connectivity index (χ0) is 10.2. The summed E-state index contributed by atoms with van der Waals surface area (Å²) in [6.07, 6.45) is 0. The molecule has 0 spiro atoms. The van der Waals surface area contributed by atoms with E-state index in [2.05, 4.69) is 0 Å². The Morgan fingerprint density at radius 1 is 1.46 bits per heavy atom. The molecule has 13 heavy (non-hydrogen) atoms. The van der Waals surface area contributed by atoms with Crippen molar-refractivity contribution in [2.75, 3.05) is 0 Å². The van der Waals surface area contributed by atoms with Gasteiger partial charge in [-0.2, -0.15) is 0 Å². The van der Waals surface area contributed by atoms with Gasteiger partial charge in [-0.25, -0.2) is 4.39 Å². The van der Waals surface area contributed by atoms with Crippen molar-refractivity contribution < 1.29 is 9.50 Å². The maximum absolute atomic E-state index is 13.0. The number of hydrogen-bond acceptors (Lipinski definition) is 2. The Morgan fingerprint density at radius 2 is 2.00 bits per heavy atom. The van der Waals surface area contributed by atoms with Crippen molar-refractivity contribution in [1.29, 1.82) is 0 Å². The van der Waals surface area contributed by atoms with Gasteiger partial charge in [0.2, 0.25) is 0 Å². The summed E-state index contributed by atoms with van der Waals surface area (Å²) in [5.74, 6) is -1.28. The van der Waals surface area contributed by atoms with Crippen LogP contribution in [-0.4, -0.2) is 5.11 Å². The van der Waals surface area contributed by atoms with E-state index in [9.17, 15) is 4.39 Å². The molecule has 4 heteroatoms. The van der Waals surface area contributed by atoms with Gasteiger partial charge in [-0.3, -0.25) is 0 Å². The first-order valence-electron chi connectivity index (χ1n) is 3.79. The third-order valence-electron chi connectivity index (χ3n) is 1.76. The molecule has 1 aromatic carbocycles. The molecule has 0 saturated carbocycles. The summed E-state index contributed by atoms with van der Waals surface area (Å²) in [6.45, 7) is 3.46. The fraction of sp³-hybridized carbons (Fsp3) is 0.333. The molecular formula is C9H11ClFNO. The second kappa shape index (κ2) is 3.16. The lowest BCUT2D eigenvalue weighted by Gasteiger charge is -2.19. The van der Waals surface area contributed by atoms with Crippen LogP contribution in [0.1, 0.15) is 19.4 Å². The molecule has 0 aromatic heterocycles. The summed E-state index contributed by atoms with van der Waals surface area (Å²) < 4.78 is 13.0. The number of phenols is 1. The van der Waals surface area contributed by atoms with Gasteiger partial charge >= 0.3 is 0 Å². The van der Waals surface area contributed by atoms with Gasteiger partial charge in [0.05, 0.1) is 5.02 Å². The predicted molar refractivity (Wildman–Crippen MR) is 50.3 cm³/mol. The molecule has 1 rings (SSSR count). The molecule has 0 bridgehead atoms. The zero-order valence-corrected chi connectivity index (χ0v) is 8.19. The minimum Gasteiger partial charge on any atom is -0.504 e. The van der Waals surface area contributed by atoms with Gasteiger partial charge in [0.1, 0.15) is 0 Å². The normalized spacial score (nSPS) is 11.8. The SMILES string of the molecule is CC(C)(N)c1cc(F)c(O)c(Cl)c1. The molecule has 0 saturated heterocycles. The van der Waals surface area contributed by atoms with Crippen LogP contribution in [0.3, 0.4) is 0 Å². The van der Waals surface area contributed by atoms with Crippen LogP contribution in [-0.2, 0) is 5.54 Å². The van der Waals surface area contributed by atoms with Crippen LogP contribution in [0.15, 0.2) is 12.1 Å². The fourth-order valence-electron chi connectivity index (χ4n) is 0.938. The molecule has 0 radical (unpaired) electrons. The molecular weight excluding hydrogens is 193 g/mol. The summed E-state index contributed by atoms with van der Waals surface area (Å²) >= 11 is 5.58. The van der Waals surface area contributed by atoms with E-state index < -0.39 is 17.1 Å². The maximum Gasteiger partial charge on any atom is 0.170 e. The molecule has 0 aliphatic carbocycles. The smallest absolute Gasteiger partial charge is 0.170 e. The highest BCUT2D eigenvalue weighted by Crippen LogP contribution is 2.30. The summed E-state index contributed by atoms with van der Waals surface area (Å²) in [7, 11) is 0. The van der Waals surface area contributed by atoms with Crippen molar-refractivity contribution in [2.24, 2.45) is 5.73 Å². The first-order chi connectivity index (χ1) is 5.82.